The SMILES string of the molecule is CCC1=Cc2c(-c3ccccc3)cccc2[CH]1[Zr]([F])([F])([CH]1C(CC)=Cc2c(-c3ccccc3)cccc21)[SiH](C)C. The average molecular weight is 627 g/mol. The quantitative estimate of drug-likeness (QED) is 0.179. The third-order valence-corrected chi connectivity index (χ3v) is 40.7. The fourth-order valence-electron chi connectivity index (χ4n) is 7.42. The number of hydrogen-bond donors (Lipinski definition) is 0. The Morgan fingerprint density at radius 3 is 1.32 bits per heavy atom. The summed E-state index contributed by atoms with van der Waals surface area (Å²) in [4.78, 5) is 0. The Bertz CT molecular complexity index is 1520. The van der Waals surface area contributed by atoms with Crippen molar-refractivity contribution in [2.45, 2.75) is 47.0 Å². The van der Waals surface area contributed by atoms with Crippen molar-refractivity contribution in [1.82, 2.24) is 0 Å². The first kappa shape index (κ1) is 27.5. The summed E-state index contributed by atoms with van der Waals surface area (Å²) in [5.74, 6) is -2.43. The van der Waals surface area contributed by atoms with E-state index >= 15 is 5.25 Å². The second-order valence-corrected chi connectivity index (χ2v) is 38.0. The van der Waals surface area contributed by atoms with E-state index in [1.165, 1.54) is 0 Å². The molecule has 2 atom stereocenters. The summed E-state index contributed by atoms with van der Waals surface area (Å²) in [7, 11) is 0. The van der Waals surface area contributed by atoms with E-state index in [0.29, 0.717) is 12.8 Å². The van der Waals surface area contributed by atoms with Crippen LogP contribution in [0.4, 0.5) is 5.25 Å². The molecule has 40 heavy (non-hydrogen) atoms. The molecule has 2 aliphatic rings. The fourth-order valence-corrected chi connectivity index (χ4v) is 33.1. The molecule has 4 heteroatoms. The molecule has 0 spiro atoms. The van der Waals surface area contributed by atoms with Crippen LogP contribution in [0.15, 0.2) is 108 Å². The Balaban J connectivity index is 1.59. The van der Waals surface area contributed by atoms with Gasteiger partial charge in [-0.1, -0.05) is 0 Å². The van der Waals surface area contributed by atoms with Crippen LogP contribution in [0, 0.1) is 0 Å². The molecule has 0 nitrogen and oxygen atoms in total. The van der Waals surface area contributed by atoms with Gasteiger partial charge in [-0.25, -0.2) is 0 Å². The zero-order valence-electron chi connectivity index (χ0n) is 23.8. The first-order chi connectivity index (χ1) is 19.3. The molecule has 0 radical (unpaired) electrons. The van der Waals surface area contributed by atoms with Crippen LogP contribution in [0.5, 0.6) is 0 Å². The monoisotopic (exact) mass is 625 g/mol. The van der Waals surface area contributed by atoms with Gasteiger partial charge in [0.1, 0.15) is 0 Å². The van der Waals surface area contributed by atoms with E-state index in [-0.39, 0.29) is 0 Å². The predicted octanol–water partition coefficient (Wildman–Crippen LogP) is 10.9. The first-order valence-electron chi connectivity index (χ1n) is 14.6. The number of fused-ring (bicyclic) bond motifs is 2. The third kappa shape index (κ3) is 4.05. The zero-order valence-corrected chi connectivity index (χ0v) is 27.4. The molecule has 0 fully saturated rings. The van der Waals surface area contributed by atoms with Crippen LogP contribution in [-0.2, 0) is 19.2 Å². The van der Waals surface area contributed by atoms with Crippen molar-refractivity contribution in [3.8, 4) is 22.3 Å². The topological polar surface area (TPSA) is 0 Å². The summed E-state index contributed by atoms with van der Waals surface area (Å²) >= 11 is -6.65. The van der Waals surface area contributed by atoms with Crippen LogP contribution >= 0.6 is 0 Å². The van der Waals surface area contributed by atoms with Gasteiger partial charge in [-0.2, -0.15) is 0 Å². The number of allylic oxidation sites excluding steroid dienone is 2. The first-order valence-corrected chi connectivity index (χ1v) is 26.5. The van der Waals surface area contributed by atoms with Crippen LogP contribution in [0.1, 0.15) is 56.2 Å². The van der Waals surface area contributed by atoms with Gasteiger partial charge in [-0.05, 0) is 0 Å². The van der Waals surface area contributed by atoms with Gasteiger partial charge in [0.2, 0.25) is 0 Å². The molecule has 0 heterocycles. The Morgan fingerprint density at radius 1 is 0.575 bits per heavy atom. The summed E-state index contributed by atoms with van der Waals surface area (Å²) in [5.41, 5.74) is 9.98. The number of rotatable bonds is 7. The Hall–Kier alpha value is -2.68. The molecule has 0 N–H and O–H groups in total. The van der Waals surface area contributed by atoms with Crippen molar-refractivity contribution in [2.24, 2.45) is 0 Å². The molecular formula is C36H37F2SiZr. The number of halogens is 2. The van der Waals surface area contributed by atoms with E-state index in [1.54, 1.807) is 0 Å². The molecule has 6 rings (SSSR count). The van der Waals surface area contributed by atoms with Gasteiger partial charge in [0.05, 0.1) is 0 Å². The number of hydrogen-bond acceptors (Lipinski definition) is 0. The summed E-state index contributed by atoms with van der Waals surface area (Å²) in [5, 5.41) is 0. The summed E-state index contributed by atoms with van der Waals surface area (Å²) in [6.45, 7) is 8.03. The molecule has 2 unspecified atom stereocenters. The van der Waals surface area contributed by atoms with Gasteiger partial charge >= 0.3 is 242 Å². The van der Waals surface area contributed by atoms with Crippen LogP contribution in [0.25, 0.3) is 34.4 Å². The van der Waals surface area contributed by atoms with Gasteiger partial charge in [-0.3, -0.25) is 0 Å². The van der Waals surface area contributed by atoms with E-state index in [2.05, 4.69) is 62.4 Å². The maximum atomic E-state index is 18.8. The molecule has 0 saturated carbocycles. The number of benzene rings is 4. The van der Waals surface area contributed by atoms with Crippen LogP contribution < -0.4 is 0 Å². The second kappa shape index (κ2) is 10.3. The van der Waals surface area contributed by atoms with Crippen LogP contribution in [0.2, 0.25) is 13.1 Å². The van der Waals surface area contributed by atoms with Crippen molar-refractivity contribution in [3.05, 3.63) is 130 Å². The zero-order chi connectivity index (χ0) is 28.1. The van der Waals surface area contributed by atoms with E-state index < -0.39 is 32.3 Å². The minimum absolute atomic E-state index is 0.654. The van der Waals surface area contributed by atoms with Crippen molar-refractivity contribution >= 4 is 18.1 Å². The van der Waals surface area contributed by atoms with Gasteiger partial charge in [-0.15, -0.1) is 0 Å². The van der Waals surface area contributed by atoms with Crippen molar-refractivity contribution in [2.75, 3.05) is 0 Å². The molecule has 0 aliphatic heterocycles. The molecular weight excluding hydrogens is 590 g/mol. The Labute approximate surface area is 240 Å². The van der Waals surface area contributed by atoms with Gasteiger partial charge in [0.15, 0.2) is 0 Å². The molecule has 4 aromatic carbocycles. The van der Waals surface area contributed by atoms with Crippen LogP contribution in [0.3, 0.4) is 0 Å². The summed E-state index contributed by atoms with van der Waals surface area (Å²) in [6, 6.07) is 32.7. The molecule has 0 saturated heterocycles. The van der Waals surface area contributed by atoms with Gasteiger partial charge in [0, 0.05) is 0 Å². The van der Waals surface area contributed by atoms with Gasteiger partial charge < -0.3 is 0 Å². The Kier molecular flexibility index (Phi) is 7.08. The molecule has 4 aromatic rings. The molecule has 0 amide bonds. The van der Waals surface area contributed by atoms with Gasteiger partial charge in [0.25, 0.3) is 0 Å². The van der Waals surface area contributed by atoms with Crippen LogP contribution in [-0.4, -0.2) is 5.92 Å². The van der Waals surface area contributed by atoms with E-state index in [9.17, 15) is 0 Å². The minimum atomic E-state index is -6.65. The summed E-state index contributed by atoms with van der Waals surface area (Å²) in [6.07, 6.45) is 5.58. The van der Waals surface area contributed by atoms with E-state index in [0.717, 1.165) is 55.7 Å². The van der Waals surface area contributed by atoms with Crippen molar-refractivity contribution < 1.29 is 24.4 Å². The average Bonchev–Trinajstić information content (AvgIpc) is 3.57. The standard InChI is InChI=1S/2C17H15.C2H7Si.2FH.Zr/c2*1-2-13-11-15-9-6-10-16(17(15)12-13)14-7-4-3-5-8-14;1-3-2;;;/h2*3-12H,2H2,1H3;3H,1-2H3;2*1H;/q;;;;;+2/p-2. The predicted molar refractivity (Wildman–Crippen MR) is 167 cm³/mol. The molecule has 0 bridgehead atoms. The van der Waals surface area contributed by atoms with Crippen molar-refractivity contribution in [3.63, 3.8) is 0 Å². The molecule has 0 aromatic heterocycles. The normalized spacial score (nSPS) is 19.0. The van der Waals surface area contributed by atoms with Crippen molar-refractivity contribution in [1.29, 1.82) is 0 Å². The molecule has 2 aliphatic carbocycles. The maximum absolute atomic E-state index is 18.8. The molecule has 203 valence electrons. The second-order valence-electron chi connectivity index (χ2n) is 11.7. The summed E-state index contributed by atoms with van der Waals surface area (Å²) < 4.78 is 36.2. The fraction of sp³-hybridized carbons (Fsp3) is 0.222. The van der Waals surface area contributed by atoms with E-state index in [4.69, 9.17) is 0 Å². The Morgan fingerprint density at radius 2 is 0.975 bits per heavy atom. The third-order valence-electron chi connectivity index (χ3n) is 9.50. The van der Waals surface area contributed by atoms with E-state index in [1.807, 2.05) is 73.8 Å².